The van der Waals surface area contributed by atoms with Crippen LogP contribution in [0.3, 0.4) is 0 Å². The summed E-state index contributed by atoms with van der Waals surface area (Å²) in [6.07, 6.45) is 2.48. The molecule has 0 aliphatic carbocycles. The van der Waals surface area contributed by atoms with Crippen LogP contribution in [0.15, 0.2) is 0 Å². The lowest BCUT2D eigenvalue weighted by Crippen LogP contribution is -2.30. The molecule has 1 heterocycles. The molecule has 1 aliphatic heterocycles. The molecule has 0 saturated carbocycles. The predicted octanol–water partition coefficient (Wildman–Crippen LogP) is 2.97. The van der Waals surface area contributed by atoms with Gasteiger partial charge in [0, 0.05) is 26.9 Å². The highest BCUT2D eigenvalue weighted by molar-refractivity contribution is 4.75. The van der Waals surface area contributed by atoms with Crippen LogP contribution >= 0.6 is 0 Å². The van der Waals surface area contributed by atoms with Gasteiger partial charge in [0.05, 0.1) is 0 Å². The Kier molecular flexibility index (Phi) is 5.62. The molecule has 0 amide bonds. The van der Waals surface area contributed by atoms with Gasteiger partial charge in [-0.25, -0.2) is 0 Å². The average molecular weight is 214 g/mol. The molecule has 3 unspecified atom stereocenters. The van der Waals surface area contributed by atoms with Gasteiger partial charge in [-0.15, -0.1) is 0 Å². The van der Waals surface area contributed by atoms with Gasteiger partial charge >= 0.3 is 0 Å². The fourth-order valence-electron chi connectivity index (χ4n) is 2.34. The Hall–Kier alpha value is -0.0800. The van der Waals surface area contributed by atoms with Crippen LogP contribution in [0.1, 0.15) is 33.6 Å². The molecule has 0 aromatic heterocycles. The quantitative estimate of drug-likeness (QED) is 0.700. The smallest absolute Gasteiger partial charge is 0.0496 e. The molecular weight excluding hydrogens is 188 g/mol. The van der Waals surface area contributed by atoms with E-state index in [1.54, 1.807) is 7.11 Å². The Morgan fingerprint density at radius 3 is 2.67 bits per heavy atom. The first kappa shape index (κ1) is 13.0. The summed E-state index contributed by atoms with van der Waals surface area (Å²) in [4.78, 5) is 0. The second-order valence-electron chi connectivity index (χ2n) is 5.30. The molecule has 0 aromatic carbocycles. The zero-order chi connectivity index (χ0) is 11.3. The van der Waals surface area contributed by atoms with E-state index in [-0.39, 0.29) is 0 Å². The Morgan fingerprint density at radius 1 is 1.40 bits per heavy atom. The molecule has 2 heteroatoms. The van der Waals surface area contributed by atoms with E-state index in [1.807, 2.05) is 0 Å². The molecule has 0 aromatic rings. The first-order chi connectivity index (χ1) is 7.15. The maximum atomic E-state index is 5.57. The van der Waals surface area contributed by atoms with E-state index in [0.29, 0.717) is 11.8 Å². The summed E-state index contributed by atoms with van der Waals surface area (Å²) >= 11 is 0. The molecule has 2 nitrogen and oxygen atoms in total. The summed E-state index contributed by atoms with van der Waals surface area (Å²) in [6, 6.07) is 0. The van der Waals surface area contributed by atoms with Gasteiger partial charge in [-0.1, -0.05) is 20.8 Å². The summed E-state index contributed by atoms with van der Waals surface area (Å²) in [5.41, 5.74) is 0. The lowest BCUT2D eigenvalue weighted by Gasteiger charge is -2.33. The Labute approximate surface area is 94.3 Å². The van der Waals surface area contributed by atoms with E-state index in [4.69, 9.17) is 9.47 Å². The lowest BCUT2D eigenvalue weighted by molar-refractivity contribution is 0.00128. The van der Waals surface area contributed by atoms with Crippen LogP contribution in [0.25, 0.3) is 0 Å². The molecule has 90 valence electrons. The van der Waals surface area contributed by atoms with E-state index in [2.05, 4.69) is 20.8 Å². The number of ether oxygens (including phenoxy) is 2. The maximum absolute atomic E-state index is 5.57. The van der Waals surface area contributed by atoms with Crippen LogP contribution in [0.2, 0.25) is 0 Å². The van der Waals surface area contributed by atoms with Crippen molar-refractivity contribution in [3.63, 3.8) is 0 Å². The van der Waals surface area contributed by atoms with Crippen molar-refractivity contribution in [2.75, 3.05) is 26.9 Å². The summed E-state index contributed by atoms with van der Waals surface area (Å²) in [6.45, 7) is 9.73. The standard InChI is InChI=1S/C13H26O2/c1-10(2)12(8-14-4)7-13-9-15-6-5-11(13)3/h10-13H,5-9H2,1-4H3. The van der Waals surface area contributed by atoms with Crippen LogP contribution in [-0.2, 0) is 9.47 Å². The van der Waals surface area contributed by atoms with Crippen molar-refractivity contribution in [3.8, 4) is 0 Å². The van der Waals surface area contributed by atoms with Gasteiger partial charge in [-0.3, -0.25) is 0 Å². The molecule has 1 aliphatic rings. The normalized spacial score (nSPS) is 29.4. The Morgan fingerprint density at radius 2 is 2.13 bits per heavy atom. The van der Waals surface area contributed by atoms with E-state index < -0.39 is 0 Å². The second kappa shape index (κ2) is 6.49. The molecule has 0 N–H and O–H groups in total. The summed E-state index contributed by atoms with van der Waals surface area (Å²) in [5, 5.41) is 0. The molecule has 1 rings (SSSR count). The topological polar surface area (TPSA) is 18.5 Å². The predicted molar refractivity (Wildman–Crippen MR) is 62.9 cm³/mol. The fourth-order valence-corrected chi connectivity index (χ4v) is 2.34. The van der Waals surface area contributed by atoms with Crippen LogP contribution in [0.5, 0.6) is 0 Å². The highest BCUT2D eigenvalue weighted by Gasteiger charge is 2.26. The molecule has 1 saturated heterocycles. The number of hydrogen-bond acceptors (Lipinski definition) is 2. The second-order valence-corrected chi connectivity index (χ2v) is 5.30. The van der Waals surface area contributed by atoms with Gasteiger partial charge in [0.25, 0.3) is 0 Å². The van der Waals surface area contributed by atoms with Gasteiger partial charge in [0.2, 0.25) is 0 Å². The van der Waals surface area contributed by atoms with Crippen LogP contribution in [0.4, 0.5) is 0 Å². The average Bonchev–Trinajstić information content (AvgIpc) is 2.20. The monoisotopic (exact) mass is 214 g/mol. The summed E-state index contributed by atoms with van der Waals surface area (Å²) in [7, 11) is 1.80. The van der Waals surface area contributed by atoms with E-state index in [9.17, 15) is 0 Å². The third-order valence-corrected chi connectivity index (χ3v) is 3.78. The molecule has 0 bridgehead atoms. The van der Waals surface area contributed by atoms with Crippen LogP contribution in [-0.4, -0.2) is 26.9 Å². The van der Waals surface area contributed by atoms with Crippen molar-refractivity contribution in [1.82, 2.24) is 0 Å². The first-order valence-corrected chi connectivity index (χ1v) is 6.21. The van der Waals surface area contributed by atoms with Crippen molar-refractivity contribution in [2.45, 2.75) is 33.6 Å². The minimum absolute atomic E-state index is 0.684. The highest BCUT2D eigenvalue weighted by atomic mass is 16.5. The van der Waals surface area contributed by atoms with Gasteiger partial charge < -0.3 is 9.47 Å². The number of rotatable bonds is 5. The molecular formula is C13H26O2. The third kappa shape index (κ3) is 4.12. The van der Waals surface area contributed by atoms with Gasteiger partial charge in [-0.05, 0) is 36.5 Å². The molecule has 3 atom stereocenters. The molecule has 0 radical (unpaired) electrons. The fraction of sp³-hybridized carbons (Fsp3) is 1.00. The minimum atomic E-state index is 0.684. The van der Waals surface area contributed by atoms with Gasteiger partial charge in [-0.2, -0.15) is 0 Å². The Balaban J connectivity index is 2.41. The van der Waals surface area contributed by atoms with E-state index in [0.717, 1.165) is 31.7 Å². The van der Waals surface area contributed by atoms with Crippen LogP contribution < -0.4 is 0 Å². The molecule has 15 heavy (non-hydrogen) atoms. The van der Waals surface area contributed by atoms with Gasteiger partial charge in [0.15, 0.2) is 0 Å². The van der Waals surface area contributed by atoms with E-state index >= 15 is 0 Å². The SMILES string of the molecule is COCC(CC1COCCC1C)C(C)C. The van der Waals surface area contributed by atoms with Crippen molar-refractivity contribution < 1.29 is 9.47 Å². The minimum Gasteiger partial charge on any atom is -0.384 e. The number of methoxy groups -OCH3 is 1. The maximum Gasteiger partial charge on any atom is 0.0496 e. The van der Waals surface area contributed by atoms with Crippen molar-refractivity contribution in [1.29, 1.82) is 0 Å². The Bertz CT molecular complexity index is 166. The molecule has 0 spiro atoms. The zero-order valence-electron chi connectivity index (χ0n) is 10.7. The highest BCUT2D eigenvalue weighted by Crippen LogP contribution is 2.30. The summed E-state index contributed by atoms with van der Waals surface area (Å²) in [5.74, 6) is 2.95. The lowest BCUT2D eigenvalue weighted by atomic mass is 9.80. The van der Waals surface area contributed by atoms with Crippen molar-refractivity contribution in [2.24, 2.45) is 23.7 Å². The van der Waals surface area contributed by atoms with Crippen LogP contribution in [0, 0.1) is 23.7 Å². The van der Waals surface area contributed by atoms with Crippen molar-refractivity contribution in [3.05, 3.63) is 0 Å². The molecule has 1 fully saturated rings. The number of hydrogen-bond donors (Lipinski definition) is 0. The first-order valence-electron chi connectivity index (χ1n) is 6.21. The van der Waals surface area contributed by atoms with Gasteiger partial charge in [0.1, 0.15) is 0 Å². The zero-order valence-corrected chi connectivity index (χ0v) is 10.7. The largest absolute Gasteiger partial charge is 0.384 e. The van der Waals surface area contributed by atoms with E-state index in [1.165, 1.54) is 12.8 Å². The third-order valence-electron chi connectivity index (χ3n) is 3.78. The summed E-state index contributed by atoms with van der Waals surface area (Å²) < 4.78 is 10.9. The van der Waals surface area contributed by atoms with Crippen molar-refractivity contribution >= 4 is 0 Å².